The van der Waals surface area contributed by atoms with Gasteiger partial charge in [-0.2, -0.15) is 4.31 Å². The van der Waals surface area contributed by atoms with Crippen LogP contribution in [0.5, 0.6) is 0 Å². The number of carbonyl (C=O) groups is 1. The highest BCUT2D eigenvalue weighted by molar-refractivity contribution is 7.89. The number of carbonyl (C=O) groups excluding carboxylic acids is 1. The van der Waals surface area contributed by atoms with Gasteiger partial charge in [0.15, 0.2) is 0 Å². The maximum absolute atomic E-state index is 13.0. The first-order valence-electron chi connectivity index (χ1n) is 10.5. The van der Waals surface area contributed by atoms with Crippen LogP contribution >= 0.6 is 0 Å². The molecular weight excluding hydrogens is 414 g/mol. The lowest BCUT2D eigenvalue weighted by atomic mass is 10.0. The number of ether oxygens (including phenoxy) is 1. The highest BCUT2D eigenvalue weighted by Crippen LogP contribution is 2.31. The number of piperazine rings is 1. The van der Waals surface area contributed by atoms with Gasteiger partial charge in [-0.15, -0.1) is 0 Å². The lowest BCUT2D eigenvalue weighted by molar-refractivity contribution is -0.150. The first kappa shape index (κ1) is 21.5. The van der Waals surface area contributed by atoms with Crippen LogP contribution in [0.1, 0.15) is 24.1 Å². The van der Waals surface area contributed by atoms with Gasteiger partial charge in [0.2, 0.25) is 10.0 Å². The van der Waals surface area contributed by atoms with Crippen molar-refractivity contribution >= 4 is 26.9 Å². The fraction of sp³-hybridized carbons (Fsp3) is 0.348. The van der Waals surface area contributed by atoms with Gasteiger partial charge >= 0.3 is 5.97 Å². The molecule has 1 aliphatic heterocycles. The molecule has 2 heterocycles. The number of hydrogen-bond donors (Lipinski definition) is 1. The van der Waals surface area contributed by atoms with Gasteiger partial charge in [0.05, 0.1) is 11.5 Å². The second-order valence-corrected chi connectivity index (χ2v) is 9.64. The average Bonchev–Trinajstić information content (AvgIpc) is 3.19. The number of aryl methyl sites for hydroxylation is 1. The summed E-state index contributed by atoms with van der Waals surface area (Å²) >= 11 is 0. The molecule has 0 radical (unpaired) electrons. The summed E-state index contributed by atoms with van der Waals surface area (Å²) in [6.45, 7) is 5.51. The van der Waals surface area contributed by atoms with E-state index in [2.05, 4.69) is 4.98 Å². The van der Waals surface area contributed by atoms with Crippen LogP contribution in [-0.2, 0) is 19.6 Å². The summed E-state index contributed by atoms with van der Waals surface area (Å²) in [5.41, 5.74) is 2.82. The van der Waals surface area contributed by atoms with Crippen molar-refractivity contribution in [2.24, 2.45) is 0 Å². The van der Waals surface area contributed by atoms with Crippen LogP contribution in [-0.4, -0.2) is 61.4 Å². The number of esters is 1. The largest absolute Gasteiger partial charge is 0.465 e. The van der Waals surface area contributed by atoms with Crippen LogP contribution in [0.25, 0.3) is 10.9 Å². The number of fused-ring (bicyclic) bond motifs is 1. The SMILES string of the molecule is CCOC(=O)C(c1c[nH]c2ccccc12)N1CCN(S(=O)(=O)c2ccc(C)cc2)CC1. The predicted molar refractivity (Wildman–Crippen MR) is 119 cm³/mol. The summed E-state index contributed by atoms with van der Waals surface area (Å²) < 4.78 is 32.9. The second kappa shape index (κ2) is 8.82. The molecule has 0 bridgehead atoms. The third-order valence-corrected chi connectivity index (χ3v) is 7.64. The fourth-order valence-corrected chi connectivity index (χ4v) is 5.50. The van der Waals surface area contributed by atoms with Crippen molar-refractivity contribution < 1.29 is 17.9 Å². The number of aromatic amines is 1. The van der Waals surface area contributed by atoms with Gasteiger partial charge in [-0.1, -0.05) is 35.9 Å². The number of H-pyrrole nitrogens is 1. The van der Waals surface area contributed by atoms with E-state index in [1.165, 1.54) is 4.31 Å². The average molecular weight is 442 g/mol. The minimum Gasteiger partial charge on any atom is -0.465 e. The number of nitrogens with one attached hydrogen (secondary N) is 1. The number of aromatic nitrogens is 1. The molecule has 7 nitrogen and oxygen atoms in total. The molecule has 1 fully saturated rings. The van der Waals surface area contributed by atoms with Crippen LogP contribution < -0.4 is 0 Å². The Morgan fingerprint density at radius 3 is 2.42 bits per heavy atom. The first-order chi connectivity index (χ1) is 14.9. The van der Waals surface area contributed by atoms with Crippen molar-refractivity contribution in [1.82, 2.24) is 14.2 Å². The summed E-state index contributed by atoms with van der Waals surface area (Å²) in [5.74, 6) is -0.318. The van der Waals surface area contributed by atoms with E-state index in [1.54, 1.807) is 31.2 Å². The van der Waals surface area contributed by atoms with Crippen molar-refractivity contribution in [3.05, 3.63) is 65.9 Å². The van der Waals surface area contributed by atoms with Gasteiger partial charge in [-0.05, 0) is 32.0 Å². The summed E-state index contributed by atoms with van der Waals surface area (Å²) in [6, 6.07) is 14.1. The van der Waals surface area contributed by atoms with Crippen molar-refractivity contribution in [1.29, 1.82) is 0 Å². The summed E-state index contributed by atoms with van der Waals surface area (Å²) in [4.78, 5) is 18.4. The van der Waals surface area contributed by atoms with Gasteiger partial charge in [-0.3, -0.25) is 4.90 Å². The van der Waals surface area contributed by atoms with E-state index in [0.29, 0.717) is 37.7 Å². The molecule has 8 heteroatoms. The van der Waals surface area contributed by atoms with Gasteiger partial charge in [-0.25, -0.2) is 13.2 Å². The lowest BCUT2D eigenvalue weighted by Gasteiger charge is -2.37. The molecule has 1 unspecified atom stereocenters. The van der Waals surface area contributed by atoms with E-state index in [-0.39, 0.29) is 5.97 Å². The molecule has 0 amide bonds. The second-order valence-electron chi connectivity index (χ2n) is 7.70. The van der Waals surface area contributed by atoms with Crippen molar-refractivity contribution in [3.8, 4) is 0 Å². The van der Waals surface area contributed by atoms with E-state index in [9.17, 15) is 13.2 Å². The lowest BCUT2D eigenvalue weighted by Crippen LogP contribution is -2.51. The topological polar surface area (TPSA) is 82.7 Å². The minimum absolute atomic E-state index is 0.291. The molecule has 0 aliphatic carbocycles. The molecule has 1 N–H and O–H groups in total. The van der Waals surface area contributed by atoms with E-state index >= 15 is 0 Å². The van der Waals surface area contributed by atoms with Crippen LogP contribution in [0.4, 0.5) is 0 Å². The highest BCUT2D eigenvalue weighted by atomic mass is 32.2. The summed E-state index contributed by atoms with van der Waals surface area (Å²) in [5, 5.41) is 0.968. The smallest absolute Gasteiger partial charge is 0.328 e. The molecule has 0 spiro atoms. The molecule has 1 aromatic heterocycles. The Labute approximate surface area is 182 Å². The Bertz CT molecular complexity index is 1160. The number of para-hydroxylation sites is 1. The Balaban J connectivity index is 1.57. The molecule has 31 heavy (non-hydrogen) atoms. The maximum Gasteiger partial charge on any atom is 0.328 e. The number of sulfonamides is 1. The Hall–Kier alpha value is -2.68. The zero-order chi connectivity index (χ0) is 22.0. The Morgan fingerprint density at radius 1 is 1.06 bits per heavy atom. The third kappa shape index (κ3) is 4.23. The van der Waals surface area contributed by atoms with Crippen LogP contribution in [0.2, 0.25) is 0 Å². The zero-order valence-corrected chi connectivity index (χ0v) is 18.6. The molecule has 1 saturated heterocycles. The number of rotatable bonds is 6. The van der Waals surface area contributed by atoms with Crippen LogP contribution in [0.15, 0.2) is 59.6 Å². The molecule has 164 valence electrons. The predicted octanol–water partition coefficient (Wildman–Crippen LogP) is 3.09. The monoisotopic (exact) mass is 441 g/mol. The number of nitrogens with zero attached hydrogens (tertiary/aromatic N) is 2. The van der Waals surface area contributed by atoms with E-state index < -0.39 is 16.1 Å². The molecule has 3 aromatic rings. The molecule has 1 aliphatic rings. The minimum atomic E-state index is -3.56. The third-order valence-electron chi connectivity index (χ3n) is 5.72. The van der Waals surface area contributed by atoms with E-state index in [1.807, 2.05) is 42.3 Å². The summed E-state index contributed by atoms with van der Waals surface area (Å²) in [7, 11) is -3.56. The first-order valence-corrected chi connectivity index (χ1v) is 11.9. The Kier molecular flexibility index (Phi) is 6.13. The van der Waals surface area contributed by atoms with Gasteiger partial charge in [0.1, 0.15) is 6.04 Å². The van der Waals surface area contributed by atoms with Gasteiger partial charge in [0, 0.05) is 48.8 Å². The standard InChI is InChI=1S/C23H27N3O4S/c1-3-30-23(27)22(20-16-24-21-7-5-4-6-19(20)21)25-12-14-26(15-13-25)31(28,29)18-10-8-17(2)9-11-18/h4-11,16,22,24H,3,12-15H2,1-2H3. The maximum atomic E-state index is 13.0. The molecular formula is C23H27N3O4S. The molecule has 0 saturated carbocycles. The molecule has 2 aromatic carbocycles. The quantitative estimate of drug-likeness (QED) is 0.595. The number of hydrogen-bond acceptors (Lipinski definition) is 5. The fourth-order valence-electron chi connectivity index (χ4n) is 4.08. The Morgan fingerprint density at radius 2 is 1.74 bits per heavy atom. The highest BCUT2D eigenvalue weighted by Gasteiger charge is 2.36. The van der Waals surface area contributed by atoms with Crippen molar-refractivity contribution in [2.75, 3.05) is 32.8 Å². The van der Waals surface area contributed by atoms with Gasteiger partial charge in [0.25, 0.3) is 0 Å². The van der Waals surface area contributed by atoms with Crippen molar-refractivity contribution in [3.63, 3.8) is 0 Å². The molecule has 4 rings (SSSR count). The van der Waals surface area contributed by atoms with Crippen LogP contribution in [0.3, 0.4) is 0 Å². The zero-order valence-electron chi connectivity index (χ0n) is 17.7. The number of benzene rings is 2. The normalized spacial score (nSPS) is 17.0. The van der Waals surface area contributed by atoms with Crippen LogP contribution in [0, 0.1) is 6.92 Å². The van der Waals surface area contributed by atoms with Crippen molar-refractivity contribution in [2.45, 2.75) is 24.8 Å². The van der Waals surface area contributed by atoms with E-state index in [0.717, 1.165) is 22.0 Å². The van der Waals surface area contributed by atoms with E-state index in [4.69, 9.17) is 4.74 Å². The van der Waals surface area contributed by atoms with Gasteiger partial charge < -0.3 is 9.72 Å². The summed E-state index contributed by atoms with van der Waals surface area (Å²) in [6.07, 6.45) is 1.85. The molecule has 1 atom stereocenters.